The molecule has 0 heterocycles. The molecule has 0 amide bonds. The minimum absolute atomic E-state index is 0.00536. The van der Waals surface area contributed by atoms with E-state index in [1.807, 2.05) is 12.1 Å². The maximum atomic E-state index is 13.8. The van der Waals surface area contributed by atoms with Gasteiger partial charge in [-0.25, -0.2) is 17.2 Å². The summed E-state index contributed by atoms with van der Waals surface area (Å²) < 4.78 is 56.3. The zero-order valence-corrected chi connectivity index (χ0v) is 20.6. The maximum Gasteiger partial charge on any atom is 0.178 e. The van der Waals surface area contributed by atoms with Crippen LogP contribution in [0.5, 0.6) is 5.75 Å². The second-order valence-electron chi connectivity index (χ2n) is 8.57. The summed E-state index contributed by atoms with van der Waals surface area (Å²) in [6, 6.07) is 16.7. The molecule has 0 aliphatic heterocycles. The Hall–Kier alpha value is -3.50. The summed E-state index contributed by atoms with van der Waals surface area (Å²) in [6.07, 6.45) is 0.445. The van der Waals surface area contributed by atoms with E-state index in [1.54, 1.807) is 45.0 Å². The van der Waals surface area contributed by atoms with E-state index in [0.717, 1.165) is 23.3 Å². The van der Waals surface area contributed by atoms with Gasteiger partial charge in [-0.2, -0.15) is 0 Å². The molecule has 3 aromatic carbocycles. The van der Waals surface area contributed by atoms with Crippen molar-refractivity contribution in [1.29, 1.82) is 0 Å². The fraction of sp³-hybridized carbons (Fsp3) is 0.250. The minimum atomic E-state index is -3.26. The molecule has 182 valence electrons. The highest BCUT2D eigenvalue weighted by atomic mass is 32.2. The van der Waals surface area contributed by atoms with Gasteiger partial charge in [0.15, 0.2) is 27.0 Å². The van der Waals surface area contributed by atoms with Crippen molar-refractivity contribution >= 4 is 15.6 Å². The van der Waals surface area contributed by atoms with E-state index < -0.39 is 27.1 Å². The molecule has 7 heteroatoms. The summed E-state index contributed by atoms with van der Waals surface area (Å²) in [4.78, 5) is 12.7. The number of rotatable bonds is 8. The zero-order chi connectivity index (χ0) is 25.6. The summed E-state index contributed by atoms with van der Waals surface area (Å²) in [5.74, 6) is 4.38. The Morgan fingerprint density at radius 1 is 0.914 bits per heavy atom. The van der Waals surface area contributed by atoms with Crippen LogP contribution < -0.4 is 4.74 Å². The van der Waals surface area contributed by atoms with Crippen LogP contribution in [0.1, 0.15) is 37.5 Å². The highest BCUT2D eigenvalue weighted by Gasteiger charge is 2.19. The highest BCUT2D eigenvalue weighted by molar-refractivity contribution is 7.91. The number of halogens is 2. The summed E-state index contributed by atoms with van der Waals surface area (Å²) in [7, 11) is -3.26. The van der Waals surface area contributed by atoms with Gasteiger partial charge in [-0.3, -0.25) is 4.79 Å². The van der Waals surface area contributed by atoms with Crippen LogP contribution in [-0.4, -0.2) is 25.6 Å². The van der Waals surface area contributed by atoms with E-state index in [4.69, 9.17) is 4.74 Å². The number of sulfone groups is 1. The third-order valence-electron chi connectivity index (χ3n) is 5.19. The third kappa shape index (κ3) is 7.49. The highest BCUT2D eigenvalue weighted by Crippen LogP contribution is 2.22. The Morgan fingerprint density at radius 3 is 2.03 bits per heavy atom. The number of ketones is 1. The van der Waals surface area contributed by atoms with Gasteiger partial charge in [-0.05, 0) is 61.4 Å². The van der Waals surface area contributed by atoms with E-state index in [-0.39, 0.29) is 35.0 Å². The van der Waals surface area contributed by atoms with Crippen molar-refractivity contribution in [2.45, 2.75) is 44.1 Å². The predicted molar refractivity (Wildman–Crippen MR) is 131 cm³/mol. The normalized spacial score (nSPS) is 11.5. The van der Waals surface area contributed by atoms with Crippen molar-refractivity contribution < 1.29 is 26.7 Å². The third-order valence-corrected chi connectivity index (χ3v) is 6.94. The van der Waals surface area contributed by atoms with Crippen molar-refractivity contribution in [2.75, 3.05) is 5.75 Å². The van der Waals surface area contributed by atoms with Gasteiger partial charge in [0.1, 0.15) is 11.6 Å². The molecule has 0 bridgehead atoms. The fourth-order valence-corrected chi connectivity index (χ4v) is 4.17. The molecule has 0 fully saturated rings. The quantitative estimate of drug-likeness (QED) is 0.396. The number of carbonyl (C=O) groups excluding carboxylic acids is 1. The smallest absolute Gasteiger partial charge is 0.178 e. The van der Waals surface area contributed by atoms with Crippen molar-refractivity contribution in [3.63, 3.8) is 0 Å². The maximum absolute atomic E-state index is 13.8. The van der Waals surface area contributed by atoms with Gasteiger partial charge >= 0.3 is 0 Å². The Bertz CT molecular complexity index is 1370. The second-order valence-corrected chi connectivity index (χ2v) is 10.9. The molecule has 0 atom stereocenters. The minimum Gasteiger partial charge on any atom is -0.472 e. The first-order valence-electron chi connectivity index (χ1n) is 11.1. The van der Waals surface area contributed by atoms with E-state index in [9.17, 15) is 22.0 Å². The van der Waals surface area contributed by atoms with Gasteiger partial charge in [0.25, 0.3) is 0 Å². The molecule has 4 nitrogen and oxygen atoms in total. The number of carbonyl (C=O) groups is 1. The first kappa shape index (κ1) is 26.1. The van der Waals surface area contributed by atoms with Gasteiger partial charge in [0.2, 0.25) is 0 Å². The lowest BCUT2D eigenvalue weighted by Gasteiger charge is -2.20. The summed E-state index contributed by atoms with van der Waals surface area (Å²) in [5.41, 5.74) is 1.27. The molecule has 0 unspecified atom stereocenters. The zero-order valence-electron chi connectivity index (χ0n) is 19.8. The molecule has 0 saturated heterocycles. The first-order valence-corrected chi connectivity index (χ1v) is 12.7. The number of hydrogen-bond donors (Lipinski definition) is 0. The molecule has 3 aromatic rings. The molecular weight excluding hydrogens is 470 g/mol. The van der Waals surface area contributed by atoms with Crippen molar-refractivity contribution in [3.05, 3.63) is 95.1 Å². The van der Waals surface area contributed by atoms with Gasteiger partial charge < -0.3 is 4.74 Å². The molecule has 0 saturated carbocycles. The van der Waals surface area contributed by atoms with Crippen LogP contribution in [0.15, 0.2) is 71.6 Å². The topological polar surface area (TPSA) is 60.4 Å². The van der Waals surface area contributed by atoms with Crippen LogP contribution in [0.3, 0.4) is 0 Å². The average Bonchev–Trinajstić information content (AvgIpc) is 2.81. The first-order chi connectivity index (χ1) is 16.5. The summed E-state index contributed by atoms with van der Waals surface area (Å²) in [5, 5.41) is 0. The van der Waals surface area contributed by atoms with Crippen LogP contribution >= 0.6 is 0 Å². The molecular formula is C28H26F2O4S. The van der Waals surface area contributed by atoms with Crippen molar-refractivity contribution in [1.82, 2.24) is 0 Å². The summed E-state index contributed by atoms with van der Waals surface area (Å²) in [6.45, 7) is 4.95. The van der Waals surface area contributed by atoms with Gasteiger partial charge in [0.05, 0.1) is 10.6 Å². The van der Waals surface area contributed by atoms with Crippen molar-refractivity contribution in [3.8, 4) is 17.6 Å². The molecule has 0 aliphatic carbocycles. The molecule has 35 heavy (non-hydrogen) atoms. The second kappa shape index (κ2) is 10.8. The lowest BCUT2D eigenvalue weighted by molar-refractivity contribution is -0.117. The van der Waals surface area contributed by atoms with E-state index in [1.165, 1.54) is 18.2 Å². The molecule has 0 spiro atoms. The Morgan fingerprint density at radius 2 is 1.49 bits per heavy atom. The lowest BCUT2D eigenvalue weighted by Crippen LogP contribution is -2.26. The largest absolute Gasteiger partial charge is 0.472 e. The molecule has 0 radical (unpaired) electrons. The van der Waals surface area contributed by atoms with Crippen molar-refractivity contribution in [2.24, 2.45) is 0 Å². The Kier molecular flexibility index (Phi) is 8.08. The van der Waals surface area contributed by atoms with Gasteiger partial charge in [0, 0.05) is 24.5 Å². The Labute approximate surface area is 204 Å². The van der Waals surface area contributed by atoms with E-state index in [0.29, 0.717) is 5.56 Å². The van der Waals surface area contributed by atoms with Crippen LogP contribution in [0.25, 0.3) is 0 Å². The van der Waals surface area contributed by atoms with E-state index >= 15 is 0 Å². The number of benzene rings is 3. The fourth-order valence-electron chi connectivity index (χ4n) is 3.29. The lowest BCUT2D eigenvalue weighted by atomic mass is 10.0. The number of Topliss-reactive ketones (excluding diaryl/α,β-unsaturated/α-hetero) is 1. The standard InChI is InChI=1S/C28H26F2O4S/c1-4-35(32,33)25-12-9-22(10-13-25)18-24(31)17-21-7-5-20(6-8-21)15-16-28(2,3)34-27-14-11-23(29)19-26(27)30/h5-14,19H,4,17-18H2,1-3H3. The Balaban J connectivity index is 1.59. The molecule has 0 aliphatic rings. The molecule has 0 N–H and O–H groups in total. The number of ether oxygens (including phenoxy) is 1. The van der Waals surface area contributed by atoms with E-state index in [2.05, 4.69) is 11.8 Å². The molecule has 3 rings (SSSR count). The van der Waals surface area contributed by atoms with Crippen LogP contribution in [0.2, 0.25) is 0 Å². The summed E-state index contributed by atoms with van der Waals surface area (Å²) >= 11 is 0. The van der Waals surface area contributed by atoms with Crippen LogP contribution in [0.4, 0.5) is 8.78 Å². The average molecular weight is 497 g/mol. The van der Waals surface area contributed by atoms with Gasteiger partial charge in [-0.15, -0.1) is 0 Å². The number of hydrogen-bond acceptors (Lipinski definition) is 4. The van der Waals surface area contributed by atoms with Gasteiger partial charge in [-0.1, -0.05) is 43.0 Å². The molecule has 0 aromatic heterocycles. The predicted octanol–water partition coefficient (Wildman–Crippen LogP) is 5.32. The SMILES string of the molecule is CCS(=O)(=O)c1ccc(CC(=O)Cc2ccc(C#CC(C)(C)Oc3ccc(F)cc3F)cc2)cc1. The van der Waals surface area contributed by atoms with Crippen LogP contribution in [0, 0.1) is 23.5 Å². The van der Waals surface area contributed by atoms with Crippen LogP contribution in [-0.2, 0) is 27.5 Å². The monoisotopic (exact) mass is 496 g/mol.